The molecule has 0 amide bonds. The molecule has 0 saturated heterocycles. The lowest BCUT2D eigenvalue weighted by Crippen LogP contribution is -2.31. The molecule has 0 aliphatic heterocycles. The second kappa shape index (κ2) is 8.59. The molecule has 2 rings (SSSR count). The van der Waals surface area contributed by atoms with E-state index < -0.39 is 5.97 Å². The van der Waals surface area contributed by atoms with Crippen LogP contribution in [-0.4, -0.2) is 38.5 Å². The van der Waals surface area contributed by atoms with Crippen LogP contribution in [0.2, 0.25) is 0 Å². The number of aliphatic carboxylic acids is 1. The average Bonchev–Trinajstić information content (AvgIpc) is 3.05. The first kappa shape index (κ1) is 17.4. The van der Waals surface area contributed by atoms with Gasteiger partial charge in [-0.3, -0.25) is 9.69 Å². The summed E-state index contributed by atoms with van der Waals surface area (Å²) in [6.07, 6.45) is 4.57. The van der Waals surface area contributed by atoms with Crippen LogP contribution in [0.5, 0.6) is 0 Å². The fraction of sp³-hybridized carbons (Fsp3) is 0.438. The first-order valence-corrected chi connectivity index (χ1v) is 8.54. The lowest BCUT2D eigenvalue weighted by atomic mass is 10.1. The van der Waals surface area contributed by atoms with Gasteiger partial charge >= 0.3 is 5.97 Å². The summed E-state index contributed by atoms with van der Waals surface area (Å²) in [6, 6.07) is 2.61. The summed E-state index contributed by atoms with van der Waals surface area (Å²) in [5.41, 5.74) is 2.33. The van der Waals surface area contributed by atoms with Crippen LogP contribution in [0, 0.1) is 0 Å². The Bertz CT molecular complexity index is 601. The number of anilines is 1. The van der Waals surface area contributed by atoms with Gasteiger partial charge in [0.25, 0.3) is 0 Å². The first-order chi connectivity index (χ1) is 11.1. The summed E-state index contributed by atoms with van der Waals surface area (Å²) < 4.78 is 0. The Labute approximate surface area is 140 Å². The SMILES string of the molecule is CCC(C)N(Cc1cnc(NCC(=O)O)nc1)Cc1ccsc1. The molecule has 0 aliphatic carbocycles. The van der Waals surface area contributed by atoms with E-state index in [1.54, 1.807) is 23.7 Å². The van der Waals surface area contributed by atoms with Crippen LogP contribution in [0.15, 0.2) is 29.2 Å². The van der Waals surface area contributed by atoms with Gasteiger partial charge in [0.2, 0.25) is 5.95 Å². The van der Waals surface area contributed by atoms with Crippen LogP contribution in [-0.2, 0) is 17.9 Å². The molecule has 2 N–H and O–H groups in total. The fourth-order valence-corrected chi connectivity index (χ4v) is 2.82. The normalized spacial score (nSPS) is 12.3. The topological polar surface area (TPSA) is 78.4 Å². The maximum absolute atomic E-state index is 10.5. The maximum atomic E-state index is 10.5. The van der Waals surface area contributed by atoms with Crippen molar-refractivity contribution < 1.29 is 9.90 Å². The van der Waals surface area contributed by atoms with Crippen molar-refractivity contribution in [3.8, 4) is 0 Å². The number of carboxylic acids is 1. The lowest BCUT2D eigenvalue weighted by molar-refractivity contribution is -0.134. The largest absolute Gasteiger partial charge is 0.480 e. The summed E-state index contributed by atoms with van der Waals surface area (Å²) in [7, 11) is 0. The molecule has 2 heterocycles. The summed E-state index contributed by atoms with van der Waals surface area (Å²) in [4.78, 5) is 21.3. The van der Waals surface area contributed by atoms with Crippen molar-refractivity contribution in [3.05, 3.63) is 40.3 Å². The summed E-state index contributed by atoms with van der Waals surface area (Å²) >= 11 is 1.71. The smallest absolute Gasteiger partial charge is 0.322 e. The standard InChI is InChI=1S/C16H22N4O2S/c1-3-12(2)20(9-13-4-5-23-11-13)10-14-6-17-16(18-7-14)19-8-15(21)22/h4-7,11-12H,3,8-10H2,1-2H3,(H,21,22)(H,17,18,19). The van der Waals surface area contributed by atoms with E-state index >= 15 is 0 Å². The third kappa shape index (κ3) is 5.61. The highest BCUT2D eigenvalue weighted by Gasteiger charge is 2.14. The van der Waals surface area contributed by atoms with E-state index in [0.29, 0.717) is 12.0 Å². The van der Waals surface area contributed by atoms with Gasteiger partial charge in [-0.15, -0.1) is 0 Å². The van der Waals surface area contributed by atoms with Crippen molar-refractivity contribution >= 4 is 23.3 Å². The van der Waals surface area contributed by atoms with Gasteiger partial charge in [-0.1, -0.05) is 6.92 Å². The number of hydrogen-bond acceptors (Lipinski definition) is 6. The molecule has 0 spiro atoms. The van der Waals surface area contributed by atoms with E-state index in [2.05, 4.69) is 50.9 Å². The molecular weight excluding hydrogens is 312 g/mol. The minimum Gasteiger partial charge on any atom is -0.480 e. The number of rotatable bonds is 9. The Hall–Kier alpha value is -1.99. The van der Waals surface area contributed by atoms with Crippen LogP contribution in [0.3, 0.4) is 0 Å². The van der Waals surface area contributed by atoms with E-state index in [1.807, 2.05) is 0 Å². The molecule has 2 aromatic heterocycles. The van der Waals surface area contributed by atoms with Crippen LogP contribution in [0.4, 0.5) is 5.95 Å². The van der Waals surface area contributed by atoms with Crippen molar-refractivity contribution in [1.82, 2.24) is 14.9 Å². The zero-order valence-electron chi connectivity index (χ0n) is 13.4. The Kier molecular flexibility index (Phi) is 6.49. The second-order valence-corrected chi connectivity index (χ2v) is 6.24. The average molecular weight is 334 g/mol. The van der Waals surface area contributed by atoms with Crippen molar-refractivity contribution in [3.63, 3.8) is 0 Å². The van der Waals surface area contributed by atoms with E-state index in [1.165, 1.54) is 5.56 Å². The number of hydrogen-bond donors (Lipinski definition) is 2. The van der Waals surface area contributed by atoms with E-state index in [0.717, 1.165) is 25.1 Å². The number of nitrogens with zero attached hydrogens (tertiary/aromatic N) is 3. The highest BCUT2D eigenvalue weighted by Crippen LogP contribution is 2.16. The number of nitrogens with one attached hydrogen (secondary N) is 1. The molecule has 2 aromatic rings. The van der Waals surface area contributed by atoms with E-state index in [-0.39, 0.29) is 6.54 Å². The van der Waals surface area contributed by atoms with Gasteiger partial charge in [0.05, 0.1) is 0 Å². The zero-order valence-corrected chi connectivity index (χ0v) is 14.2. The van der Waals surface area contributed by atoms with Gasteiger partial charge in [0.1, 0.15) is 6.54 Å². The summed E-state index contributed by atoms with van der Waals surface area (Å²) in [5.74, 6) is -0.597. The molecule has 0 aliphatic rings. The van der Waals surface area contributed by atoms with E-state index in [4.69, 9.17) is 5.11 Å². The molecule has 1 unspecified atom stereocenters. The van der Waals surface area contributed by atoms with Gasteiger partial charge < -0.3 is 10.4 Å². The fourth-order valence-electron chi connectivity index (χ4n) is 2.16. The maximum Gasteiger partial charge on any atom is 0.322 e. The molecule has 6 nitrogen and oxygen atoms in total. The molecular formula is C16H22N4O2S. The molecule has 1 atom stereocenters. The molecule has 0 aromatic carbocycles. The predicted molar refractivity (Wildman–Crippen MR) is 91.5 cm³/mol. The van der Waals surface area contributed by atoms with Crippen LogP contribution < -0.4 is 5.32 Å². The first-order valence-electron chi connectivity index (χ1n) is 7.60. The van der Waals surface area contributed by atoms with Crippen LogP contribution >= 0.6 is 11.3 Å². The van der Waals surface area contributed by atoms with Gasteiger partial charge in [-0.2, -0.15) is 11.3 Å². The number of thiophene rings is 1. The quantitative estimate of drug-likeness (QED) is 0.734. The van der Waals surface area contributed by atoms with Crippen LogP contribution in [0.1, 0.15) is 31.4 Å². The van der Waals surface area contributed by atoms with Gasteiger partial charge in [-0.05, 0) is 35.7 Å². The molecule has 0 bridgehead atoms. The third-order valence-electron chi connectivity index (χ3n) is 3.67. The summed E-state index contributed by atoms with van der Waals surface area (Å²) in [6.45, 7) is 5.88. The minimum absolute atomic E-state index is 0.184. The van der Waals surface area contributed by atoms with Crippen molar-refractivity contribution in [2.24, 2.45) is 0 Å². The molecule has 7 heteroatoms. The van der Waals surface area contributed by atoms with Gasteiger partial charge in [0.15, 0.2) is 0 Å². The molecule has 0 fully saturated rings. The lowest BCUT2D eigenvalue weighted by Gasteiger charge is -2.28. The number of carbonyl (C=O) groups is 1. The molecule has 23 heavy (non-hydrogen) atoms. The van der Waals surface area contributed by atoms with E-state index in [9.17, 15) is 4.79 Å². The van der Waals surface area contributed by atoms with Crippen molar-refractivity contribution in [2.75, 3.05) is 11.9 Å². The Morgan fingerprint density at radius 3 is 2.61 bits per heavy atom. The van der Waals surface area contributed by atoms with Crippen LogP contribution in [0.25, 0.3) is 0 Å². The van der Waals surface area contributed by atoms with Crippen molar-refractivity contribution in [2.45, 2.75) is 39.4 Å². The monoisotopic (exact) mass is 334 g/mol. The Balaban J connectivity index is 1.99. The highest BCUT2D eigenvalue weighted by atomic mass is 32.1. The third-order valence-corrected chi connectivity index (χ3v) is 4.40. The second-order valence-electron chi connectivity index (χ2n) is 5.46. The van der Waals surface area contributed by atoms with Gasteiger partial charge in [0, 0.05) is 37.1 Å². The molecule has 0 radical (unpaired) electrons. The minimum atomic E-state index is -0.934. The zero-order chi connectivity index (χ0) is 16.7. The number of carboxylic acid groups (broad SMARTS) is 1. The summed E-state index contributed by atoms with van der Waals surface area (Å²) in [5, 5.41) is 15.6. The highest BCUT2D eigenvalue weighted by molar-refractivity contribution is 7.07. The number of aromatic nitrogens is 2. The Morgan fingerprint density at radius 2 is 2.04 bits per heavy atom. The molecule has 0 saturated carbocycles. The van der Waals surface area contributed by atoms with Gasteiger partial charge in [-0.25, -0.2) is 9.97 Å². The van der Waals surface area contributed by atoms with Crippen molar-refractivity contribution in [1.29, 1.82) is 0 Å². The molecule has 124 valence electrons. The predicted octanol–water partition coefficient (Wildman–Crippen LogP) is 2.84. The Morgan fingerprint density at radius 1 is 1.35 bits per heavy atom.